The van der Waals surface area contributed by atoms with Crippen LogP contribution in [0, 0.1) is 11.7 Å². The van der Waals surface area contributed by atoms with Crippen molar-refractivity contribution < 1.29 is 9.50 Å². The number of aliphatic hydroxyl groups is 1. The number of benzene rings is 1. The molecular formula is C21H24FN3OS. The zero-order valence-electron chi connectivity index (χ0n) is 15.4. The number of aliphatic hydroxyl groups excluding tert-OH is 1. The molecule has 1 aliphatic rings. The summed E-state index contributed by atoms with van der Waals surface area (Å²) in [7, 11) is 0. The van der Waals surface area contributed by atoms with Crippen molar-refractivity contribution in [2.24, 2.45) is 5.92 Å². The fourth-order valence-corrected chi connectivity index (χ4v) is 4.73. The SMILES string of the molecule is CC(CN1CCN(c2ccccn2)CC1)C(O)c1csc2ccc(F)cc12. The van der Waals surface area contributed by atoms with Crippen molar-refractivity contribution in [1.29, 1.82) is 0 Å². The van der Waals surface area contributed by atoms with E-state index in [0.717, 1.165) is 54.2 Å². The second-order valence-corrected chi connectivity index (χ2v) is 8.14. The molecule has 2 unspecified atom stereocenters. The van der Waals surface area contributed by atoms with Crippen molar-refractivity contribution in [3.63, 3.8) is 0 Å². The number of piperazine rings is 1. The maximum Gasteiger partial charge on any atom is 0.128 e. The molecular weight excluding hydrogens is 361 g/mol. The van der Waals surface area contributed by atoms with Crippen molar-refractivity contribution in [3.8, 4) is 0 Å². The van der Waals surface area contributed by atoms with E-state index in [9.17, 15) is 9.50 Å². The van der Waals surface area contributed by atoms with Crippen LogP contribution in [0.4, 0.5) is 10.2 Å². The average molecular weight is 386 g/mol. The quantitative estimate of drug-likeness (QED) is 0.722. The van der Waals surface area contributed by atoms with Gasteiger partial charge in [-0.25, -0.2) is 9.37 Å². The first-order valence-corrected chi connectivity index (χ1v) is 10.2. The molecule has 6 heteroatoms. The highest BCUT2D eigenvalue weighted by atomic mass is 32.1. The molecule has 0 spiro atoms. The van der Waals surface area contributed by atoms with E-state index in [1.807, 2.05) is 29.8 Å². The lowest BCUT2D eigenvalue weighted by molar-refractivity contribution is 0.0876. The highest BCUT2D eigenvalue weighted by molar-refractivity contribution is 7.17. The molecule has 1 aromatic carbocycles. The predicted molar refractivity (Wildman–Crippen MR) is 109 cm³/mol. The zero-order chi connectivity index (χ0) is 18.8. The number of pyridine rings is 1. The van der Waals surface area contributed by atoms with Crippen LogP contribution < -0.4 is 4.90 Å². The van der Waals surface area contributed by atoms with Gasteiger partial charge in [0.1, 0.15) is 11.6 Å². The fraction of sp³-hybridized carbons (Fsp3) is 0.381. The molecule has 1 N–H and O–H groups in total. The van der Waals surface area contributed by atoms with E-state index in [4.69, 9.17) is 0 Å². The first kappa shape index (κ1) is 18.3. The van der Waals surface area contributed by atoms with E-state index < -0.39 is 6.10 Å². The van der Waals surface area contributed by atoms with Gasteiger partial charge >= 0.3 is 0 Å². The third-order valence-corrected chi connectivity index (χ3v) is 6.30. The van der Waals surface area contributed by atoms with Crippen molar-refractivity contribution in [1.82, 2.24) is 9.88 Å². The molecule has 1 aliphatic heterocycles. The third kappa shape index (κ3) is 3.98. The molecule has 1 fully saturated rings. The molecule has 4 rings (SSSR count). The van der Waals surface area contributed by atoms with Gasteiger partial charge in [0.05, 0.1) is 6.10 Å². The molecule has 0 amide bonds. The maximum absolute atomic E-state index is 13.6. The first-order chi connectivity index (χ1) is 13.1. The van der Waals surface area contributed by atoms with E-state index in [-0.39, 0.29) is 11.7 Å². The van der Waals surface area contributed by atoms with Gasteiger partial charge in [-0.15, -0.1) is 11.3 Å². The number of anilines is 1. The van der Waals surface area contributed by atoms with Crippen LogP contribution in [-0.4, -0.2) is 47.7 Å². The first-order valence-electron chi connectivity index (χ1n) is 9.35. The monoisotopic (exact) mass is 385 g/mol. The van der Waals surface area contributed by atoms with Crippen LogP contribution in [0.1, 0.15) is 18.6 Å². The van der Waals surface area contributed by atoms with Crippen molar-refractivity contribution in [2.45, 2.75) is 13.0 Å². The van der Waals surface area contributed by atoms with Crippen LogP contribution in [0.5, 0.6) is 0 Å². The second-order valence-electron chi connectivity index (χ2n) is 7.23. The van der Waals surface area contributed by atoms with Gasteiger partial charge in [-0.05, 0) is 47.2 Å². The number of rotatable bonds is 5. The fourth-order valence-electron chi connectivity index (χ4n) is 3.76. The average Bonchev–Trinajstić information content (AvgIpc) is 3.11. The largest absolute Gasteiger partial charge is 0.388 e. The van der Waals surface area contributed by atoms with Gasteiger partial charge in [0.25, 0.3) is 0 Å². The van der Waals surface area contributed by atoms with Crippen LogP contribution in [-0.2, 0) is 0 Å². The number of hydrogen-bond acceptors (Lipinski definition) is 5. The maximum atomic E-state index is 13.6. The van der Waals surface area contributed by atoms with Crippen LogP contribution in [0.2, 0.25) is 0 Å². The van der Waals surface area contributed by atoms with Gasteiger partial charge in [0.2, 0.25) is 0 Å². The molecule has 0 bridgehead atoms. The van der Waals surface area contributed by atoms with E-state index >= 15 is 0 Å². The van der Waals surface area contributed by atoms with E-state index in [2.05, 4.69) is 21.7 Å². The summed E-state index contributed by atoms with van der Waals surface area (Å²) in [6, 6.07) is 10.8. The predicted octanol–water partition coefficient (Wildman–Crippen LogP) is 3.93. The molecule has 2 atom stereocenters. The molecule has 1 saturated heterocycles. The van der Waals surface area contributed by atoms with Gasteiger partial charge < -0.3 is 10.0 Å². The Morgan fingerprint density at radius 3 is 2.74 bits per heavy atom. The summed E-state index contributed by atoms with van der Waals surface area (Å²) in [5.74, 6) is 0.845. The van der Waals surface area contributed by atoms with Gasteiger partial charge in [-0.1, -0.05) is 13.0 Å². The summed E-state index contributed by atoms with van der Waals surface area (Å²) in [5.41, 5.74) is 0.842. The van der Waals surface area contributed by atoms with E-state index in [1.54, 1.807) is 17.4 Å². The van der Waals surface area contributed by atoms with Gasteiger partial charge in [-0.3, -0.25) is 4.90 Å². The molecule has 3 aromatic rings. The van der Waals surface area contributed by atoms with E-state index in [1.165, 1.54) is 12.1 Å². The summed E-state index contributed by atoms with van der Waals surface area (Å²) in [6.45, 7) is 6.67. The lowest BCUT2D eigenvalue weighted by Gasteiger charge is -2.37. The van der Waals surface area contributed by atoms with Crippen LogP contribution in [0.3, 0.4) is 0 Å². The van der Waals surface area contributed by atoms with Crippen molar-refractivity contribution >= 4 is 27.2 Å². The molecule has 4 nitrogen and oxygen atoms in total. The Morgan fingerprint density at radius 2 is 2.00 bits per heavy atom. The molecule has 2 aromatic heterocycles. The second kappa shape index (κ2) is 7.92. The Bertz CT molecular complexity index is 893. The topological polar surface area (TPSA) is 39.6 Å². The smallest absolute Gasteiger partial charge is 0.128 e. The summed E-state index contributed by atoms with van der Waals surface area (Å²) in [4.78, 5) is 9.11. The molecule has 0 radical (unpaired) electrons. The van der Waals surface area contributed by atoms with Crippen LogP contribution in [0.15, 0.2) is 48.0 Å². The minimum absolute atomic E-state index is 0.0764. The Labute approximate surface area is 162 Å². The van der Waals surface area contributed by atoms with Crippen molar-refractivity contribution in [3.05, 3.63) is 59.4 Å². The number of thiophene rings is 1. The summed E-state index contributed by atoms with van der Waals surface area (Å²) in [5, 5.41) is 13.7. The normalized spacial score (nSPS) is 18.0. The minimum atomic E-state index is -0.589. The van der Waals surface area contributed by atoms with Crippen LogP contribution in [0.25, 0.3) is 10.1 Å². The number of halogens is 1. The minimum Gasteiger partial charge on any atom is -0.388 e. The summed E-state index contributed by atoms with van der Waals surface area (Å²) in [6.07, 6.45) is 1.24. The summed E-state index contributed by atoms with van der Waals surface area (Å²) >= 11 is 1.56. The van der Waals surface area contributed by atoms with Gasteiger partial charge in [0.15, 0.2) is 0 Å². The Morgan fingerprint density at radius 1 is 1.19 bits per heavy atom. The van der Waals surface area contributed by atoms with Gasteiger partial charge in [-0.2, -0.15) is 0 Å². The van der Waals surface area contributed by atoms with Gasteiger partial charge in [0, 0.05) is 49.0 Å². The Kier molecular flexibility index (Phi) is 5.38. The van der Waals surface area contributed by atoms with Crippen LogP contribution >= 0.6 is 11.3 Å². The Balaban J connectivity index is 1.37. The standard InChI is InChI=1S/C21H24FN3OS/c1-15(21(26)18-14-27-19-6-5-16(22)12-17(18)19)13-24-8-10-25(11-9-24)20-4-2-3-7-23-20/h2-7,12,14-15,21,26H,8-11,13H2,1H3. The van der Waals surface area contributed by atoms with Crippen molar-refractivity contribution in [2.75, 3.05) is 37.6 Å². The number of fused-ring (bicyclic) bond motifs is 1. The molecule has 0 aliphatic carbocycles. The van der Waals surface area contributed by atoms with E-state index in [0.29, 0.717) is 0 Å². The third-order valence-electron chi connectivity index (χ3n) is 5.31. The molecule has 0 saturated carbocycles. The highest BCUT2D eigenvalue weighted by Gasteiger charge is 2.25. The molecule has 27 heavy (non-hydrogen) atoms. The number of aromatic nitrogens is 1. The lowest BCUT2D eigenvalue weighted by Crippen LogP contribution is -2.48. The molecule has 142 valence electrons. The highest BCUT2D eigenvalue weighted by Crippen LogP contribution is 2.34. The molecule has 3 heterocycles. The number of nitrogens with zero attached hydrogens (tertiary/aromatic N) is 3. The zero-order valence-corrected chi connectivity index (χ0v) is 16.2. The lowest BCUT2D eigenvalue weighted by atomic mass is 9.96. The summed E-state index contributed by atoms with van der Waals surface area (Å²) < 4.78 is 14.6. The Hall–Kier alpha value is -2.02. The number of hydrogen-bond donors (Lipinski definition) is 1.